The van der Waals surface area contributed by atoms with E-state index in [0.717, 1.165) is 31.4 Å². The Morgan fingerprint density at radius 3 is 2.52 bits per heavy atom. The van der Waals surface area contributed by atoms with Gasteiger partial charge in [-0.2, -0.15) is 0 Å². The van der Waals surface area contributed by atoms with Crippen molar-refractivity contribution in [3.8, 4) is 0 Å². The molecule has 2 aliphatic carbocycles. The maximum atomic E-state index is 12.5. The van der Waals surface area contributed by atoms with E-state index in [1.54, 1.807) is 0 Å². The van der Waals surface area contributed by atoms with E-state index in [1.807, 2.05) is 30.0 Å². The van der Waals surface area contributed by atoms with Gasteiger partial charge in [0.2, 0.25) is 5.91 Å². The van der Waals surface area contributed by atoms with Crippen LogP contribution >= 0.6 is 11.8 Å². The third kappa shape index (κ3) is 3.43. The van der Waals surface area contributed by atoms with Crippen LogP contribution in [0.15, 0.2) is 29.2 Å². The van der Waals surface area contributed by atoms with Crippen LogP contribution < -0.4 is 11.1 Å². The minimum absolute atomic E-state index is 0.0144. The molecule has 3 rings (SSSR count). The van der Waals surface area contributed by atoms with E-state index in [4.69, 9.17) is 5.73 Å². The molecule has 3 N–H and O–H groups in total. The molecule has 0 heterocycles. The van der Waals surface area contributed by atoms with Gasteiger partial charge in [0.1, 0.15) is 0 Å². The highest BCUT2D eigenvalue weighted by Crippen LogP contribution is 2.38. The summed E-state index contributed by atoms with van der Waals surface area (Å²) in [5.74, 6) is -0.0144. The molecular formula is C17H24N2OS. The largest absolute Gasteiger partial charge is 0.323 e. The molecule has 0 saturated heterocycles. The van der Waals surface area contributed by atoms with Crippen LogP contribution in [0.1, 0.15) is 51.4 Å². The normalized spacial score (nSPS) is 21.6. The third-order valence-corrected chi connectivity index (χ3v) is 6.09. The van der Waals surface area contributed by atoms with Gasteiger partial charge >= 0.3 is 0 Å². The second kappa shape index (κ2) is 6.41. The number of para-hydroxylation sites is 1. The zero-order chi connectivity index (χ0) is 14.7. The highest BCUT2D eigenvalue weighted by Gasteiger charge is 2.37. The number of rotatable bonds is 4. The molecule has 0 aromatic heterocycles. The highest BCUT2D eigenvalue weighted by atomic mass is 32.2. The molecule has 0 aliphatic heterocycles. The van der Waals surface area contributed by atoms with E-state index in [-0.39, 0.29) is 5.91 Å². The molecule has 1 aromatic rings. The zero-order valence-corrected chi connectivity index (χ0v) is 13.3. The van der Waals surface area contributed by atoms with Crippen molar-refractivity contribution in [1.82, 2.24) is 0 Å². The van der Waals surface area contributed by atoms with Crippen LogP contribution in [-0.2, 0) is 4.79 Å². The van der Waals surface area contributed by atoms with Crippen LogP contribution in [0.5, 0.6) is 0 Å². The first kappa shape index (κ1) is 14.9. The molecule has 21 heavy (non-hydrogen) atoms. The summed E-state index contributed by atoms with van der Waals surface area (Å²) >= 11 is 1.91. The third-order valence-electron chi connectivity index (χ3n) is 4.68. The number of carbonyl (C=O) groups excluding carboxylic acids is 1. The fourth-order valence-electron chi connectivity index (χ4n) is 3.34. The number of carbonyl (C=O) groups is 1. The van der Waals surface area contributed by atoms with Gasteiger partial charge < -0.3 is 11.1 Å². The molecular weight excluding hydrogens is 280 g/mol. The maximum Gasteiger partial charge on any atom is 0.244 e. The summed E-state index contributed by atoms with van der Waals surface area (Å²) in [6.07, 6.45) is 8.95. The van der Waals surface area contributed by atoms with E-state index >= 15 is 0 Å². The Bertz CT molecular complexity index is 505. The van der Waals surface area contributed by atoms with E-state index in [1.165, 1.54) is 30.6 Å². The van der Waals surface area contributed by atoms with Gasteiger partial charge in [-0.15, -0.1) is 11.8 Å². The highest BCUT2D eigenvalue weighted by molar-refractivity contribution is 8.00. The van der Waals surface area contributed by atoms with Gasteiger partial charge in [0.15, 0.2) is 0 Å². The Hall–Kier alpha value is -1.00. The van der Waals surface area contributed by atoms with Crippen molar-refractivity contribution in [2.24, 2.45) is 5.73 Å². The molecule has 0 atom stereocenters. The summed E-state index contributed by atoms with van der Waals surface area (Å²) in [5, 5.41) is 3.78. The molecule has 4 heteroatoms. The first-order chi connectivity index (χ1) is 10.2. The van der Waals surface area contributed by atoms with Gasteiger partial charge in [-0.05, 0) is 37.8 Å². The molecule has 0 spiro atoms. The topological polar surface area (TPSA) is 55.1 Å². The maximum absolute atomic E-state index is 12.5. The summed E-state index contributed by atoms with van der Waals surface area (Å²) in [5.41, 5.74) is 6.51. The fraction of sp³-hybridized carbons (Fsp3) is 0.588. The quantitative estimate of drug-likeness (QED) is 0.886. The molecule has 0 unspecified atom stereocenters. The second-order valence-corrected chi connectivity index (χ2v) is 7.68. The van der Waals surface area contributed by atoms with Crippen molar-refractivity contribution in [2.45, 2.75) is 67.1 Å². The van der Waals surface area contributed by atoms with Crippen molar-refractivity contribution < 1.29 is 4.79 Å². The predicted molar refractivity (Wildman–Crippen MR) is 88.6 cm³/mol. The first-order valence-corrected chi connectivity index (χ1v) is 8.91. The molecule has 2 fully saturated rings. The van der Waals surface area contributed by atoms with Gasteiger partial charge in [-0.3, -0.25) is 4.79 Å². The number of amides is 1. The van der Waals surface area contributed by atoms with E-state index in [0.29, 0.717) is 5.25 Å². The number of benzene rings is 1. The second-order valence-electron chi connectivity index (χ2n) is 6.34. The van der Waals surface area contributed by atoms with Crippen LogP contribution in [0.2, 0.25) is 0 Å². The lowest BCUT2D eigenvalue weighted by atomic mass is 9.98. The van der Waals surface area contributed by atoms with Gasteiger partial charge in [-0.1, -0.05) is 37.8 Å². The molecule has 2 saturated carbocycles. The van der Waals surface area contributed by atoms with Crippen molar-refractivity contribution in [1.29, 1.82) is 0 Å². The zero-order valence-electron chi connectivity index (χ0n) is 12.4. The Morgan fingerprint density at radius 2 is 1.81 bits per heavy atom. The molecule has 2 aliphatic rings. The Labute approximate surface area is 131 Å². The van der Waals surface area contributed by atoms with Gasteiger partial charge in [-0.25, -0.2) is 0 Å². The number of anilines is 1. The van der Waals surface area contributed by atoms with Crippen molar-refractivity contribution in [3.05, 3.63) is 24.3 Å². The van der Waals surface area contributed by atoms with Crippen LogP contribution in [0.3, 0.4) is 0 Å². The standard InChI is InChI=1S/C17H24N2OS/c18-17(11-5-6-12-17)16(20)19-14-9-3-4-10-15(14)21-13-7-1-2-8-13/h3-4,9-10,13H,1-2,5-8,11-12,18H2,(H,19,20). The Morgan fingerprint density at radius 1 is 1.14 bits per heavy atom. The number of thioether (sulfide) groups is 1. The lowest BCUT2D eigenvalue weighted by Crippen LogP contribution is -2.48. The van der Waals surface area contributed by atoms with Gasteiger partial charge in [0.25, 0.3) is 0 Å². The van der Waals surface area contributed by atoms with E-state index in [9.17, 15) is 4.79 Å². The molecule has 1 amide bonds. The minimum atomic E-state index is -0.662. The van der Waals surface area contributed by atoms with Crippen molar-refractivity contribution in [3.63, 3.8) is 0 Å². The number of nitrogens with two attached hydrogens (primary N) is 1. The van der Waals surface area contributed by atoms with Crippen molar-refractivity contribution in [2.75, 3.05) is 5.32 Å². The summed E-state index contributed by atoms with van der Waals surface area (Å²) in [6, 6.07) is 8.12. The molecule has 1 aromatic carbocycles. The Balaban J connectivity index is 1.71. The number of hydrogen-bond donors (Lipinski definition) is 2. The first-order valence-electron chi connectivity index (χ1n) is 8.03. The van der Waals surface area contributed by atoms with Gasteiger partial charge in [0.05, 0.1) is 11.2 Å². The SMILES string of the molecule is NC1(C(=O)Nc2ccccc2SC2CCCC2)CCCC1. The Kier molecular flexibility index (Phi) is 4.55. The molecule has 114 valence electrons. The summed E-state index contributed by atoms with van der Waals surface area (Å²) in [6.45, 7) is 0. The molecule has 0 bridgehead atoms. The monoisotopic (exact) mass is 304 g/mol. The average molecular weight is 304 g/mol. The van der Waals surface area contributed by atoms with E-state index < -0.39 is 5.54 Å². The molecule has 3 nitrogen and oxygen atoms in total. The summed E-state index contributed by atoms with van der Waals surface area (Å²) in [7, 11) is 0. The minimum Gasteiger partial charge on any atom is -0.323 e. The lowest BCUT2D eigenvalue weighted by Gasteiger charge is -2.23. The van der Waals surface area contributed by atoms with Crippen LogP contribution in [0.25, 0.3) is 0 Å². The summed E-state index contributed by atoms with van der Waals surface area (Å²) in [4.78, 5) is 13.7. The van der Waals surface area contributed by atoms with Crippen LogP contribution in [0, 0.1) is 0 Å². The number of nitrogens with one attached hydrogen (secondary N) is 1. The summed E-state index contributed by atoms with van der Waals surface area (Å²) < 4.78 is 0. The smallest absolute Gasteiger partial charge is 0.244 e. The van der Waals surface area contributed by atoms with Crippen molar-refractivity contribution >= 4 is 23.4 Å². The average Bonchev–Trinajstić information content (AvgIpc) is 3.13. The van der Waals surface area contributed by atoms with Crippen LogP contribution in [0.4, 0.5) is 5.69 Å². The fourth-order valence-corrected chi connectivity index (χ4v) is 4.67. The number of hydrogen-bond acceptors (Lipinski definition) is 3. The lowest BCUT2D eigenvalue weighted by molar-refractivity contribution is -0.121. The van der Waals surface area contributed by atoms with E-state index in [2.05, 4.69) is 11.4 Å². The van der Waals surface area contributed by atoms with Crippen LogP contribution in [-0.4, -0.2) is 16.7 Å². The molecule has 0 radical (unpaired) electrons. The predicted octanol–water partition coefficient (Wildman–Crippen LogP) is 3.93. The van der Waals surface area contributed by atoms with Gasteiger partial charge in [0, 0.05) is 10.1 Å².